The maximum absolute atomic E-state index is 4.71. The molecule has 0 bridgehead atoms. The second kappa shape index (κ2) is 6.16. The molecule has 1 aromatic heterocycles. The molecule has 118 valence electrons. The Morgan fingerprint density at radius 2 is 1.74 bits per heavy atom. The zero-order valence-corrected chi connectivity index (χ0v) is 14.8. The van der Waals surface area contributed by atoms with Crippen LogP contribution < -0.4 is 0 Å². The van der Waals surface area contributed by atoms with Crippen molar-refractivity contribution in [1.82, 2.24) is 4.98 Å². The van der Waals surface area contributed by atoms with Crippen LogP contribution in [0.4, 0.5) is 0 Å². The Morgan fingerprint density at radius 3 is 2.48 bits per heavy atom. The van der Waals surface area contributed by atoms with Gasteiger partial charge in [-0.3, -0.25) is 4.98 Å². The van der Waals surface area contributed by atoms with Crippen LogP contribution in [-0.2, 0) is 6.42 Å². The number of fused-ring (bicyclic) bond motifs is 1. The monoisotopic (exact) mass is 303 g/mol. The van der Waals surface area contributed by atoms with Crippen molar-refractivity contribution < 1.29 is 0 Å². The summed E-state index contributed by atoms with van der Waals surface area (Å²) in [7, 11) is 0. The molecule has 0 spiro atoms. The van der Waals surface area contributed by atoms with Gasteiger partial charge in [-0.2, -0.15) is 0 Å². The van der Waals surface area contributed by atoms with Crippen LogP contribution in [0.25, 0.3) is 22.0 Å². The number of aryl methyl sites for hydroxylation is 2. The number of hydrogen-bond donors (Lipinski definition) is 0. The predicted octanol–water partition coefficient (Wildman–Crippen LogP) is 6.03. The standard InChI is InChI=1S/C22H25N/c1-14(2)10-18-6-7-20-19(13-18)8-9-23-22(20)21-12-15(3)11-16(4)17(21)5/h6-9,11-14H,10H2,1-5H3. The van der Waals surface area contributed by atoms with Crippen molar-refractivity contribution in [3.63, 3.8) is 0 Å². The normalized spacial score (nSPS) is 11.4. The van der Waals surface area contributed by atoms with E-state index in [-0.39, 0.29) is 0 Å². The van der Waals surface area contributed by atoms with Crippen LogP contribution in [0.15, 0.2) is 42.6 Å². The molecule has 1 heterocycles. The smallest absolute Gasteiger partial charge is 0.0783 e. The number of pyridine rings is 1. The van der Waals surface area contributed by atoms with E-state index in [4.69, 9.17) is 4.98 Å². The summed E-state index contributed by atoms with van der Waals surface area (Å²) >= 11 is 0. The zero-order valence-electron chi connectivity index (χ0n) is 14.8. The first-order valence-electron chi connectivity index (χ1n) is 8.41. The predicted molar refractivity (Wildman–Crippen MR) is 99.9 cm³/mol. The van der Waals surface area contributed by atoms with Crippen LogP contribution in [0.3, 0.4) is 0 Å². The van der Waals surface area contributed by atoms with Crippen molar-refractivity contribution in [3.05, 3.63) is 64.8 Å². The summed E-state index contributed by atoms with van der Waals surface area (Å²) in [5.74, 6) is 0.676. The highest BCUT2D eigenvalue weighted by Gasteiger charge is 2.11. The fraction of sp³-hybridized carbons (Fsp3) is 0.318. The van der Waals surface area contributed by atoms with E-state index >= 15 is 0 Å². The SMILES string of the molecule is Cc1cc(C)c(C)c(-c2nccc3cc(CC(C)C)ccc23)c1. The lowest BCUT2D eigenvalue weighted by atomic mass is 9.93. The molecule has 0 aliphatic heterocycles. The van der Waals surface area contributed by atoms with E-state index < -0.39 is 0 Å². The fourth-order valence-electron chi connectivity index (χ4n) is 3.33. The molecule has 3 rings (SSSR count). The van der Waals surface area contributed by atoms with Crippen LogP contribution in [0.1, 0.15) is 36.1 Å². The highest BCUT2D eigenvalue weighted by Crippen LogP contribution is 2.31. The molecule has 0 N–H and O–H groups in total. The van der Waals surface area contributed by atoms with Crippen LogP contribution in [0.5, 0.6) is 0 Å². The average molecular weight is 303 g/mol. The van der Waals surface area contributed by atoms with Crippen molar-refractivity contribution in [1.29, 1.82) is 0 Å². The molecular weight excluding hydrogens is 278 g/mol. The van der Waals surface area contributed by atoms with Gasteiger partial charge in [0.05, 0.1) is 5.69 Å². The minimum atomic E-state index is 0.676. The zero-order chi connectivity index (χ0) is 16.6. The van der Waals surface area contributed by atoms with Crippen molar-refractivity contribution in [2.45, 2.75) is 41.0 Å². The van der Waals surface area contributed by atoms with E-state index in [9.17, 15) is 0 Å². The third kappa shape index (κ3) is 3.14. The maximum Gasteiger partial charge on any atom is 0.0783 e. The van der Waals surface area contributed by atoms with E-state index in [1.54, 1.807) is 0 Å². The van der Waals surface area contributed by atoms with Gasteiger partial charge in [-0.05, 0) is 67.3 Å². The number of rotatable bonds is 3. The first kappa shape index (κ1) is 15.7. The highest BCUT2D eigenvalue weighted by molar-refractivity contribution is 5.95. The lowest BCUT2D eigenvalue weighted by Crippen LogP contribution is -1.96. The Hall–Kier alpha value is -2.15. The van der Waals surface area contributed by atoms with Crippen LogP contribution in [-0.4, -0.2) is 4.98 Å². The van der Waals surface area contributed by atoms with Gasteiger partial charge in [0.25, 0.3) is 0 Å². The molecule has 1 nitrogen and oxygen atoms in total. The van der Waals surface area contributed by atoms with Crippen molar-refractivity contribution in [3.8, 4) is 11.3 Å². The molecule has 1 heteroatoms. The highest BCUT2D eigenvalue weighted by atomic mass is 14.7. The molecule has 0 saturated carbocycles. The summed E-state index contributed by atoms with van der Waals surface area (Å²) in [6, 6.07) is 13.4. The van der Waals surface area contributed by atoms with E-state index in [2.05, 4.69) is 71.0 Å². The van der Waals surface area contributed by atoms with E-state index in [0.717, 1.165) is 12.1 Å². The van der Waals surface area contributed by atoms with Crippen molar-refractivity contribution in [2.24, 2.45) is 5.92 Å². The van der Waals surface area contributed by atoms with Gasteiger partial charge in [0.2, 0.25) is 0 Å². The van der Waals surface area contributed by atoms with E-state index in [0.29, 0.717) is 5.92 Å². The van der Waals surface area contributed by atoms with Crippen LogP contribution in [0.2, 0.25) is 0 Å². The molecule has 0 radical (unpaired) electrons. The molecule has 0 fully saturated rings. The molecule has 0 amide bonds. The molecule has 0 aliphatic rings. The third-order valence-corrected chi connectivity index (χ3v) is 4.54. The summed E-state index contributed by atoms with van der Waals surface area (Å²) in [6.45, 7) is 11.1. The topological polar surface area (TPSA) is 12.9 Å². The van der Waals surface area contributed by atoms with Gasteiger partial charge in [0, 0.05) is 17.1 Å². The Balaban J connectivity index is 2.19. The summed E-state index contributed by atoms with van der Waals surface area (Å²) in [5.41, 5.74) is 7.70. The van der Waals surface area contributed by atoms with Gasteiger partial charge in [-0.1, -0.05) is 43.7 Å². The minimum Gasteiger partial charge on any atom is -0.256 e. The summed E-state index contributed by atoms with van der Waals surface area (Å²) < 4.78 is 0. The van der Waals surface area contributed by atoms with Gasteiger partial charge < -0.3 is 0 Å². The molecule has 2 aromatic carbocycles. The largest absolute Gasteiger partial charge is 0.256 e. The maximum atomic E-state index is 4.71. The van der Waals surface area contributed by atoms with Crippen molar-refractivity contribution >= 4 is 10.8 Å². The van der Waals surface area contributed by atoms with Gasteiger partial charge in [0.15, 0.2) is 0 Å². The second-order valence-electron chi connectivity index (χ2n) is 7.07. The number of hydrogen-bond acceptors (Lipinski definition) is 1. The van der Waals surface area contributed by atoms with Gasteiger partial charge in [-0.25, -0.2) is 0 Å². The second-order valence-corrected chi connectivity index (χ2v) is 7.07. The number of aromatic nitrogens is 1. The van der Waals surface area contributed by atoms with Gasteiger partial charge in [-0.15, -0.1) is 0 Å². The molecule has 3 aromatic rings. The fourth-order valence-corrected chi connectivity index (χ4v) is 3.33. The Morgan fingerprint density at radius 1 is 0.957 bits per heavy atom. The molecular formula is C22H25N. The molecule has 23 heavy (non-hydrogen) atoms. The average Bonchev–Trinajstić information content (AvgIpc) is 2.49. The lowest BCUT2D eigenvalue weighted by Gasteiger charge is -2.13. The Kier molecular flexibility index (Phi) is 4.21. The molecule has 0 atom stereocenters. The van der Waals surface area contributed by atoms with Gasteiger partial charge in [0.1, 0.15) is 0 Å². The third-order valence-electron chi connectivity index (χ3n) is 4.54. The Bertz CT molecular complexity index is 859. The van der Waals surface area contributed by atoms with Gasteiger partial charge >= 0.3 is 0 Å². The molecule has 0 aliphatic carbocycles. The molecule has 0 unspecified atom stereocenters. The van der Waals surface area contributed by atoms with Crippen molar-refractivity contribution in [2.75, 3.05) is 0 Å². The summed E-state index contributed by atoms with van der Waals surface area (Å²) in [4.78, 5) is 4.71. The first-order valence-corrected chi connectivity index (χ1v) is 8.41. The summed E-state index contributed by atoms with van der Waals surface area (Å²) in [5, 5.41) is 2.53. The first-order chi connectivity index (χ1) is 11.0. The van der Waals surface area contributed by atoms with E-state index in [1.807, 2.05) is 6.20 Å². The van der Waals surface area contributed by atoms with E-state index in [1.165, 1.54) is 38.6 Å². The minimum absolute atomic E-state index is 0.676. The van der Waals surface area contributed by atoms with Crippen LogP contribution in [0, 0.1) is 26.7 Å². The summed E-state index contributed by atoms with van der Waals surface area (Å²) in [6.07, 6.45) is 3.06. The quantitative estimate of drug-likeness (QED) is 0.576. The molecule has 0 saturated heterocycles. The lowest BCUT2D eigenvalue weighted by molar-refractivity contribution is 0.648. The number of benzene rings is 2. The number of nitrogens with zero attached hydrogens (tertiary/aromatic N) is 1. The Labute approximate surface area is 139 Å². The van der Waals surface area contributed by atoms with Crippen LogP contribution >= 0.6 is 0 Å².